The zero-order valence-corrected chi connectivity index (χ0v) is 15.1. The van der Waals surface area contributed by atoms with Crippen LogP contribution < -0.4 is 0 Å². The molecule has 1 heterocycles. The van der Waals surface area contributed by atoms with Gasteiger partial charge in [0.05, 0.1) is 0 Å². The average molecular weight is 326 g/mol. The van der Waals surface area contributed by atoms with Crippen molar-refractivity contribution in [1.82, 2.24) is 0 Å². The van der Waals surface area contributed by atoms with E-state index < -0.39 is 11.6 Å². The minimum atomic E-state index is -0.479. The molecule has 24 heavy (non-hydrogen) atoms. The predicted molar refractivity (Wildman–Crippen MR) is 92.2 cm³/mol. The number of hydrogen-bond donors (Lipinski definition) is 0. The number of allylic oxidation sites excluding steroid dienone is 3. The first-order chi connectivity index (χ1) is 11.2. The Balaban J connectivity index is 1.85. The molecular weight excluding hydrogens is 300 g/mol. The second-order valence-corrected chi connectivity index (χ2v) is 9.08. The van der Waals surface area contributed by atoms with E-state index in [1.807, 2.05) is 0 Å². The van der Waals surface area contributed by atoms with Gasteiger partial charge in [0.1, 0.15) is 11.4 Å². The zero-order valence-electron chi connectivity index (χ0n) is 15.1. The van der Waals surface area contributed by atoms with Crippen LogP contribution in [0.15, 0.2) is 35.1 Å². The summed E-state index contributed by atoms with van der Waals surface area (Å²) in [7, 11) is 0. The van der Waals surface area contributed by atoms with Crippen LogP contribution in [0.4, 0.5) is 0 Å². The third-order valence-corrected chi connectivity index (χ3v) is 7.04. The highest BCUT2D eigenvalue weighted by Crippen LogP contribution is 2.64. The Bertz CT molecular complexity index is 736. The summed E-state index contributed by atoms with van der Waals surface area (Å²) in [5, 5.41) is 0. The van der Waals surface area contributed by atoms with E-state index in [-0.39, 0.29) is 11.0 Å². The van der Waals surface area contributed by atoms with Gasteiger partial charge in [-0.05, 0) is 61.0 Å². The number of hydrogen-bond acceptors (Lipinski definition) is 3. The highest BCUT2D eigenvalue weighted by molar-refractivity contribution is 6.46. The van der Waals surface area contributed by atoms with Gasteiger partial charge in [-0.3, -0.25) is 9.59 Å². The Morgan fingerprint density at radius 3 is 2.42 bits per heavy atom. The van der Waals surface area contributed by atoms with Gasteiger partial charge < -0.3 is 4.74 Å². The standard InChI is InChI=1S/C21H26O3/c1-19(2)7-5-8-20(3)17(19)6-9-21(4)18(20)11-13-10-14(22)15(23)12-16(13)24-21/h10-12,17H,5-9H2,1-4H3/t17-,20-,21-/m0/s1. The van der Waals surface area contributed by atoms with Crippen LogP contribution in [-0.2, 0) is 14.3 Å². The number of carbonyl (C=O) groups excluding carboxylic acids is 2. The van der Waals surface area contributed by atoms with Crippen molar-refractivity contribution < 1.29 is 14.3 Å². The summed E-state index contributed by atoms with van der Waals surface area (Å²) >= 11 is 0. The van der Waals surface area contributed by atoms with E-state index in [1.165, 1.54) is 37.0 Å². The van der Waals surface area contributed by atoms with E-state index in [1.54, 1.807) is 0 Å². The smallest absolute Gasteiger partial charge is 0.229 e. The Hall–Kier alpha value is -1.64. The number of fused-ring (bicyclic) bond motifs is 4. The van der Waals surface area contributed by atoms with Crippen LogP contribution in [0, 0.1) is 16.7 Å². The predicted octanol–water partition coefficient (Wildman–Crippen LogP) is 4.29. The lowest BCUT2D eigenvalue weighted by molar-refractivity contribution is -0.131. The second kappa shape index (κ2) is 4.71. The molecule has 0 aromatic heterocycles. The molecular formula is C21H26O3. The van der Waals surface area contributed by atoms with Crippen LogP contribution in [0.5, 0.6) is 0 Å². The van der Waals surface area contributed by atoms with Crippen LogP contribution in [0.1, 0.15) is 59.8 Å². The molecule has 4 rings (SSSR count). The van der Waals surface area contributed by atoms with E-state index in [9.17, 15) is 9.59 Å². The summed E-state index contributed by atoms with van der Waals surface area (Å²) in [6.07, 6.45) is 10.8. The van der Waals surface area contributed by atoms with E-state index in [0.29, 0.717) is 17.1 Å². The number of carbonyl (C=O) groups is 2. The Morgan fingerprint density at radius 1 is 0.958 bits per heavy atom. The fraction of sp³-hybridized carbons (Fsp3) is 0.619. The molecule has 0 radical (unpaired) electrons. The molecule has 2 saturated carbocycles. The monoisotopic (exact) mass is 326 g/mol. The normalized spacial score (nSPS) is 40.3. The van der Waals surface area contributed by atoms with E-state index >= 15 is 0 Å². The van der Waals surface area contributed by atoms with Gasteiger partial charge in [-0.1, -0.05) is 27.2 Å². The van der Waals surface area contributed by atoms with E-state index in [2.05, 4.69) is 33.8 Å². The summed E-state index contributed by atoms with van der Waals surface area (Å²) in [4.78, 5) is 23.5. The lowest BCUT2D eigenvalue weighted by atomic mass is 9.47. The molecule has 0 aromatic rings. The molecule has 4 aliphatic rings. The maximum absolute atomic E-state index is 11.8. The highest BCUT2D eigenvalue weighted by atomic mass is 16.5. The second-order valence-electron chi connectivity index (χ2n) is 9.08. The van der Waals surface area contributed by atoms with Gasteiger partial charge in [-0.2, -0.15) is 0 Å². The van der Waals surface area contributed by atoms with Crippen molar-refractivity contribution in [3.05, 3.63) is 35.1 Å². The third kappa shape index (κ3) is 2.03. The largest absolute Gasteiger partial charge is 0.482 e. The Kier molecular flexibility index (Phi) is 3.11. The molecule has 0 saturated heterocycles. The van der Waals surface area contributed by atoms with Crippen LogP contribution in [0.25, 0.3) is 0 Å². The van der Waals surface area contributed by atoms with Gasteiger partial charge in [0.2, 0.25) is 11.6 Å². The van der Waals surface area contributed by atoms with Crippen molar-refractivity contribution in [2.75, 3.05) is 0 Å². The van der Waals surface area contributed by atoms with E-state index in [0.717, 1.165) is 18.4 Å². The van der Waals surface area contributed by atoms with Crippen molar-refractivity contribution in [1.29, 1.82) is 0 Å². The first-order valence-corrected chi connectivity index (χ1v) is 9.09. The first kappa shape index (κ1) is 15.9. The van der Waals surface area contributed by atoms with Gasteiger partial charge in [0.15, 0.2) is 0 Å². The molecule has 128 valence electrons. The Morgan fingerprint density at radius 2 is 1.67 bits per heavy atom. The van der Waals surface area contributed by atoms with Crippen molar-refractivity contribution in [3.8, 4) is 0 Å². The van der Waals surface area contributed by atoms with Crippen LogP contribution in [-0.4, -0.2) is 17.2 Å². The van der Waals surface area contributed by atoms with Gasteiger partial charge in [-0.15, -0.1) is 0 Å². The molecule has 0 bridgehead atoms. The van der Waals surface area contributed by atoms with Crippen molar-refractivity contribution in [2.45, 2.75) is 65.4 Å². The molecule has 2 fully saturated rings. The lowest BCUT2D eigenvalue weighted by Crippen LogP contribution is -2.54. The van der Waals surface area contributed by atoms with Crippen LogP contribution in [0.3, 0.4) is 0 Å². The summed E-state index contributed by atoms with van der Waals surface area (Å²) in [5.74, 6) is 0.281. The minimum Gasteiger partial charge on any atom is -0.482 e. The molecule has 0 spiro atoms. The maximum atomic E-state index is 11.8. The van der Waals surface area contributed by atoms with Crippen LogP contribution in [0.2, 0.25) is 0 Å². The number of ketones is 2. The molecule has 0 unspecified atom stereocenters. The van der Waals surface area contributed by atoms with Gasteiger partial charge in [-0.25, -0.2) is 0 Å². The Labute approximate surface area is 143 Å². The summed E-state index contributed by atoms with van der Waals surface area (Å²) < 4.78 is 6.33. The lowest BCUT2D eigenvalue weighted by Gasteiger charge is -2.60. The minimum absolute atomic E-state index is 0.103. The fourth-order valence-electron chi connectivity index (χ4n) is 5.89. The first-order valence-electron chi connectivity index (χ1n) is 9.09. The summed E-state index contributed by atoms with van der Waals surface area (Å²) in [6, 6.07) is 0. The molecule has 0 N–H and O–H groups in total. The van der Waals surface area contributed by atoms with Crippen molar-refractivity contribution in [2.24, 2.45) is 16.7 Å². The van der Waals surface area contributed by atoms with Crippen LogP contribution >= 0.6 is 0 Å². The maximum Gasteiger partial charge on any atom is 0.229 e. The van der Waals surface area contributed by atoms with Gasteiger partial charge >= 0.3 is 0 Å². The SMILES string of the molecule is CC1(C)CCC[C@]2(C)C3=CC4=CC(=O)C(=O)C=C4O[C@@]3(C)CC[C@@H]12. The summed E-state index contributed by atoms with van der Waals surface area (Å²) in [5.41, 5.74) is 2.17. The third-order valence-electron chi connectivity index (χ3n) is 7.04. The average Bonchev–Trinajstić information content (AvgIpc) is 2.46. The van der Waals surface area contributed by atoms with Crippen molar-refractivity contribution in [3.63, 3.8) is 0 Å². The fourth-order valence-corrected chi connectivity index (χ4v) is 5.89. The molecule has 3 atom stereocenters. The molecule has 3 aliphatic carbocycles. The molecule has 0 aromatic carbocycles. The summed E-state index contributed by atoms with van der Waals surface area (Å²) in [6.45, 7) is 9.33. The topological polar surface area (TPSA) is 43.4 Å². The number of rotatable bonds is 0. The van der Waals surface area contributed by atoms with Crippen molar-refractivity contribution >= 4 is 11.6 Å². The molecule has 1 aliphatic heterocycles. The number of ether oxygens (including phenoxy) is 1. The highest BCUT2D eigenvalue weighted by Gasteiger charge is 2.57. The van der Waals surface area contributed by atoms with E-state index in [4.69, 9.17) is 4.74 Å². The molecule has 0 amide bonds. The zero-order chi connectivity index (χ0) is 17.3. The quantitative estimate of drug-likeness (QED) is 0.493. The van der Waals surface area contributed by atoms with Gasteiger partial charge in [0.25, 0.3) is 0 Å². The molecule has 3 nitrogen and oxygen atoms in total. The van der Waals surface area contributed by atoms with Gasteiger partial charge in [0, 0.05) is 17.7 Å². The molecule has 3 heteroatoms.